The van der Waals surface area contributed by atoms with Crippen LogP contribution in [0.25, 0.3) is 10.9 Å². The molecule has 2 fully saturated rings. The predicted molar refractivity (Wildman–Crippen MR) is 154 cm³/mol. The molecule has 4 heterocycles. The normalized spacial score (nSPS) is 20.0. The first-order valence-corrected chi connectivity index (χ1v) is 14.2. The van der Waals surface area contributed by atoms with Crippen molar-refractivity contribution in [3.05, 3.63) is 57.9 Å². The van der Waals surface area contributed by atoms with Crippen LogP contribution in [0.2, 0.25) is 0 Å². The Morgan fingerprint density at radius 1 is 1.14 bits per heavy atom. The molecule has 232 valence electrons. The number of pyridine rings is 1. The number of hydrogen-bond acceptors (Lipinski definition) is 8. The van der Waals surface area contributed by atoms with E-state index in [2.05, 4.69) is 5.32 Å². The first-order chi connectivity index (χ1) is 21.0. The topological polar surface area (TPSA) is 140 Å². The molecule has 14 heteroatoms. The fourth-order valence-electron chi connectivity index (χ4n) is 5.88. The molecule has 12 nitrogen and oxygen atoms in total. The number of halogens is 2. The minimum Gasteiger partial charge on any atom is -0.487 e. The van der Waals surface area contributed by atoms with Gasteiger partial charge in [-0.1, -0.05) is 0 Å². The van der Waals surface area contributed by atoms with Crippen molar-refractivity contribution in [2.75, 3.05) is 42.6 Å². The average Bonchev–Trinajstić information content (AvgIpc) is 3.36. The fourth-order valence-corrected chi connectivity index (χ4v) is 5.88. The number of piperidine rings is 1. The number of amides is 2. The average molecular weight is 613 g/mol. The van der Waals surface area contributed by atoms with Crippen LogP contribution in [0.15, 0.2) is 35.3 Å². The molecule has 1 aromatic heterocycles. The van der Waals surface area contributed by atoms with E-state index in [1.165, 1.54) is 30.2 Å². The van der Waals surface area contributed by atoms with Crippen LogP contribution in [0.1, 0.15) is 43.1 Å². The maximum atomic E-state index is 15.6. The van der Waals surface area contributed by atoms with Crippen molar-refractivity contribution in [2.45, 2.75) is 44.9 Å². The van der Waals surface area contributed by atoms with Gasteiger partial charge in [0.25, 0.3) is 0 Å². The monoisotopic (exact) mass is 612 g/mol. The number of carboxylic acid groups (broad SMARTS) is 1. The third-order valence-electron chi connectivity index (χ3n) is 8.10. The van der Waals surface area contributed by atoms with Crippen molar-refractivity contribution >= 4 is 40.2 Å². The van der Waals surface area contributed by atoms with Crippen molar-refractivity contribution in [2.24, 2.45) is 0 Å². The summed E-state index contributed by atoms with van der Waals surface area (Å²) in [6, 6.07) is 4.98. The Morgan fingerprint density at radius 3 is 2.57 bits per heavy atom. The summed E-state index contributed by atoms with van der Waals surface area (Å²) in [5, 5.41) is 12.0. The van der Waals surface area contributed by atoms with Crippen LogP contribution in [0, 0.1) is 11.6 Å². The molecule has 0 aliphatic carbocycles. The molecule has 1 unspecified atom stereocenters. The second-order valence-corrected chi connectivity index (χ2v) is 11.1. The van der Waals surface area contributed by atoms with Gasteiger partial charge in [0.1, 0.15) is 30.1 Å². The molecule has 0 bridgehead atoms. The zero-order valence-corrected chi connectivity index (χ0v) is 24.0. The summed E-state index contributed by atoms with van der Waals surface area (Å²) in [4.78, 5) is 51.0. The highest BCUT2D eigenvalue weighted by Crippen LogP contribution is 2.43. The first-order valence-electron chi connectivity index (χ1n) is 14.2. The fraction of sp³-hybridized carbons (Fsp3) is 0.400. The highest BCUT2D eigenvalue weighted by Gasteiger charge is 2.34. The molecule has 3 aliphatic heterocycles. The van der Waals surface area contributed by atoms with Crippen LogP contribution in [-0.4, -0.2) is 72.6 Å². The van der Waals surface area contributed by atoms with Gasteiger partial charge in [0.2, 0.25) is 11.3 Å². The van der Waals surface area contributed by atoms with E-state index in [1.54, 1.807) is 15.5 Å². The SMILES string of the molecule is CC(=O)NC[C@H]1CN(c2ccc(OC3CCN(c4c(F)cc5c(=O)c(C(=O)O)cn6c5c4OCC6C)CC3)c(F)c2)C(=O)O1. The van der Waals surface area contributed by atoms with Crippen molar-refractivity contribution in [1.29, 1.82) is 0 Å². The maximum Gasteiger partial charge on any atom is 0.414 e. The summed E-state index contributed by atoms with van der Waals surface area (Å²) < 4.78 is 49.4. The lowest BCUT2D eigenvalue weighted by molar-refractivity contribution is -0.119. The van der Waals surface area contributed by atoms with E-state index in [0.29, 0.717) is 37.1 Å². The third-order valence-corrected chi connectivity index (χ3v) is 8.10. The van der Waals surface area contributed by atoms with Crippen molar-refractivity contribution in [3.8, 4) is 11.5 Å². The lowest BCUT2D eigenvalue weighted by Crippen LogP contribution is -2.39. The first kappa shape index (κ1) is 29.2. The predicted octanol–water partition coefficient (Wildman–Crippen LogP) is 3.44. The molecule has 0 radical (unpaired) electrons. The van der Waals surface area contributed by atoms with E-state index in [9.17, 15) is 24.3 Å². The molecule has 6 rings (SSSR count). The van der Waals surface area contributed by atoms with Crippen molar-refractivity contribution in [1.82, 2.24) is 9.88 Å². The Bertz CT molecular complexity index is 1740. The quantitative estimate of drug-likeness (QED) is 0.411. The van der Waals surface area contributed by atoms with E-state index in [-0.39, 0.29) is 60.3 Å². The number of nitrogens with zero attached hydrogens (tertiary/aromatic N) is 3. The smallest absolute Gasteiger partial charge is 0.414 e. The Morgan fingerprint density at radius 2 is 1.89 bits per heavy atom. The molecular weight excluding hydrogens is 582 g/mol. The van der Waals surface area contributed by atoms with Gasteiger partial charge in [0.05, 0.1) is 35.7 Å². The molecule has 44 heavy (non-hydrogen) atoms. The van der Waals surface area contributed by atoms with Crippen LogP contribution in [0.3, 0.4) is 0 Å². The lowest BCUT2D eigenvalue weighted by Gasteiger charge is -2.36. The molecule has 2 N–H and O–H groups in total. The molecule has 2 aromatic carbocycles. The number of hydrogen-bond donors (Lipinski definition) is 2. The van der Waals surface area contributed by atoms with Gasteiger partial charge in [-0.3, -0.25) is 14.5 Å². The molecule has 2 saturated heterocycles. The zero-order chi connectivity index (χ0) is 31.3. The second kappa shape index (κ2) is 11.3. The largest absolute Gasteiger partial charge is 0.487 e. The number of carbonyl (C=O) groups excluding carboxylic acids is 2. The molecular formula is C30H30F2N4O8. The van der Waals surface area contributed by atoms with Gasteiger partial charge in [-0.15, -0.1) is 0 Å². The number of rotatable bonds is 7. The van der Waals surface area contributed by atoms with Gasteiger partial charge in [0, 0.05) is 45.1 Å². The standard InChI is InChI=1S/C30H30F2N4O8/c1-15-14-42-28-25-20(27(38)21(29(39)40)13-35(15)25)10-23(32)26(28)34-7-5-18(6-8-34)43-24-4-3-17(9-22(24)31)36-12-19(44-30(36)41)11-33-16(2)37/h3-4,9-10,13,15,18-19H,5-8,11-12,14H2,1-2H3,(H,33,37)(H,39,40)/t15?,19-/m0/s1. The summed E-state index contributed by atoms with van der Waals surface area (Å²) in [6.45, 7) is 4.36. The van der Waals surface area contributed by atoms with Crippen LogP contribution in [0.4, 0.5) is 25.0 Å². The maximum absolute atomic E-state index is 15.6. The van der Waals surface area contributed by atoms with E-state index < -0.39 is 40.8 Å². The van der Waals surface area contributed by atoms with E-state index >= 15 is 8.78 Å². The molecule has 0 saturated carbocycles. The number of carboxylic acids is 1. The Labute approximate surface area is 249 Å². The van der Waals surface area contributed by atoms with Crippen LogP contribution >= 0.6 is 0 Å². The molecule has 2 amide bonds. The zero-order valence-electron chi connectivity index (χ0n) is 24.0. The third kappa shape index (κ3) is 5.24. The number of aromatic nitrogens is 1. The highest BCUT2D eigenvalue weighted by molar-refractivity contribution is 5.97. The van der Waals surface area contributed by atoms with Crippen LogP contribution in [0.5, 0.6) is 11.5 Å². The summed E-state index contributed by atoms with van der Waals surface area (Å²) in [7, 11) is 0. The molecule has 0 spiro atoms. The summed E-state index contributed by atoms with van der Waals surface area (Å²) in [5.41, 5.74) is -0.388. The molecule has 3 aliphatic rings. The Kier molecular flexibility index (Phi) is 7.51. The van der Waals surface area contributed by atoms with Gasteiger partial charge in [-0.2, -0.15) is 0 Å². The van der Waals surface area contributed by atoms with Gasteiger partial charge >= 0.3 is 12.1 Å². The number of aromatic carboxylic acids is 1. The van der Waals surface area contributed by atoms with Gasteiger partial charge in [-0.05, 0) is 25.1 Å². The van der Waals surface area contributed by atoms with Crippen molar-refractivity contribution in [3.63, 3.8) is 0 Å². The Hall–Kier alpha value is -4.88. The van der Waals surface area contributed by atoms with Gasteiger partial charge in [0.15, 0.2) is 23.1 Å². The Balaban J connectivity index is 1.16. The number of cyclic esters (lactones) is 1. The summed E-state index contributed by atoms with van der Waals surface area (Å²) in [6.07, 6.45) is 0.579. The van der Waals surface area contributed by atoms with Gasteiger partial charge < -0.3 is 34.1 Å². The van der Waals surface area contributed by atoms with E-state index in [4.69, 9.17) is 14.2 Å². The minimum atomic E-state index is -1.38. The highest BCUT2D eigenvalue weighted by atomic mass is 19.1. The van der Waals surface area contributed by atoms with E-state index in [1.807, 2.05) is 6.92 Å². The summed E-state index contributed by atoms with van der Waals surface area (Å²) in [5.74, 6) is -2.79. The number of benzene rings is 2. The van der Waals surface area contributed by atoms with Crippen LogP contribution in [-0.2, 0) is 9.53 Å². The van der Waals surface area contributed by atoms with Crippen molar-refractivity contribution < 1.29 is 42.5 Å². The number of carbonyl (C=O) groups is 3. The van der Waals surface area contributed by atoms with Crippen LogP contribution < -0.4 is 30.0 Å². The molecule has 2 atom stereocenters. The minimum absolute atomic E-state index is 0.0112. The molecule has 3 aromatic rings. The number of anilines is 2. The number of nitrogens with one attached hydrogen (secondary N) is 1. The second-order valence-electron chi connectivity index (χ2n) is 11.1. The van der Waals surface area contributed by atoms with Gasteiger partial charge in [-0.25, -0.2) is 18.4 Å². The number of ether oxygens (including phenoxy) is 3. The lowest BCUT2D eigenvalue weighted by atomic mass is 10.0. The van der Waals surface area contributed by atoms with E-state index in [0.717, 1.165) is 6.07 Å². The summed E-state index contributed by atoms with van der Waals surface area (Å²) >= 11 is 0.